The zero-order chi connectivity index (χ0) is 22.3. The van der Waals surface area contributed by atoms with E-state index in [1.54, 1.807) is 0 Å². The van der Waals surface area contributed by atoms with E-state index < -0.39 is 55.2 Å². The van der Waals surface area contributed by atoms with Crippen LogP contribution < -0.4 is 0 Å². The van der Waals surface area contributed by atoms with Gasteiger partial charge in [0.25, 0.3) is 0 Å². The molecule has 3 heterocycles. The average molecular weight is 413 g/mol. The molecule has 8 nitrogen and oxygen atoms in total. The summed E-state index contributed by atoms with van der Waals surface area (Å²) in [5.41, 5.74) is -3.74. The van der Waals surface area contributed by atoms with Gasteiger partial charge >= 0.3 is 21.6 Å². The molecule has 0 unspecified atom stereocenters. The molecule has 166 valence electrons. The molecular weight excluding hydrogens is 377 g/mol. The minimum atomic E-state index is -2.77. The van der Waals surface area contributed by atoms with E-state index in [1.165, 1.54) is 0 Å². The summed E-state index contributed by atoms with van der Waals surface area (Å²) < 4.78 is 48.6. The lowest BCUT2D eigenvalue weighted by Crippen LogP contribution is -2.55. The molecule has 0 atom stereocenters. The SMILES string of the molecule is CC1(C)OB(O[B-]2(OB3OC(C)(C)C(C)(C)O3)OC(C)(C)C(C)(C)O2)OC1(C)C. The molecule has 29 heavy (non-hydrogen) atoms. The van der Waals surface area contributed by atoms with Gasteiger partial charge in [-0.3, -0.25) is 0 Å². The van der Waals surface area contributed by atoms with E-state index in [2.05, 4.69) is 0 Å². The van der Waals surface area contributed by atoms with Gasteiger partial charge in [0, 0.05) is 11.2 Å². The zero-order valence-electron chi connectivity index (χ0n) is 20.0. The Kier molecular flexibility index (Phi) is 5.23. The maximum absolute atomic E-state index is 6.22. The molecule has 0 aromatic heterocycles. The van der Waals surface area contributed by atoms with Crippen molar-refractivity contribution < 1.29 is 37.1 Å². The number of rotatable bonds is 4. The summed E-state index contributed by atoms with van der Waals surface area (Å²) in [7, 11) is -2.07. The van der Waals surface area contributed by atoms with Crippen LogP contribution in [0.15, 0.2) is 0 Å². The van der Waals surface area contributed by atoms with Crippen LogP contribution in [0.25, 0.3) is 0 Å². The molecule has 0 amide bonds. The first-order valence-corrected chi connectivity index (χ1v) is 10.3. The van der Waals surface area contributed by atoms with Gasteiger partial charge in [-0.15, -0.1) is 0 Å². The van der Waals surface area contributed by atoms with Gasteiger partial charge in [-0.05, 0) is 83.1 Å². The smallest absolute Gasteiger partial charge is 0.537 e. The van der Waals surface area contributed by atoms with Crippen LogP contribution in [0.5, 0.6) is 0 Å². The van der Waals surface area contributed by atoms with Crippen molar-refractivity contribution in [1.82, 2.24) is 0 Å². The lowest BCUT2D eigenvalue weighted by Gasteiger charge is -2.39. The maximum Gasteiger partial charge on any atom is 0.598 e. The lowest BCUT2D eigenvalue weighted by atomic mass is 9.90. The number of hydrogen-bond donors (Lipinski definition) is 0. The maximum atomic E-state index is 6.22. The summed E-state index contributed by atoms with van der Waals surface area (Å²) in [5, 5.41) is 0. The molecule has 3 fully saturated rings. The van der Waals surface area contributed by atoms with Crippen molar-refractivity contribution in [3.63, 3.8) is 0 Å². The lowest BCUT2D eigenvalue weighted by molar-refractivity contribution is 0.00578. The van der Waals surface area contributed by atoms with Crippen molar-refractivity contribution in [3.05, 3.63) is 0 Å². The molecule has 3 aliphatic heterocycles. The van der Waals surface area contributed by atoms with Crippen LogP contribution in [0.4, 0.5) is 0 Å². The average Bonchev–Trinajstić information content (AvgIpc) is 2.81. The predicted octanol–water partition coefficient (Wildman–Crippen LogP) is 3.24. The normalized spacial score (nSPS) is 32.7. The van der Waals surface area contributed by atoms with Crippen LogP contribution >= 0.6 is 0 Å². The van der Waals surface area contributed by atoms with Gasteiger partial charge in [0.05, 0.1) is 22.4 Å². The Hall–Kier alpha value is -0.125. The topological polar surface area (TPSA) is 73.8 Å². The Morgan fingerprint density at radius 3 is 0.931 bits per heavy atom. The third kappa shape index (κ3) is 3.93. The Labute approximate surface area is 175 Å². The molecule has 0 bridgehead atoms. The Balaban J connectivity index is 1.86. The van der Waals surface area contributed by atoms with Crippen LogP contribution in [-0.2, 0) is 37.1 Å². The fourth-order valence-electron chi connectivity index (χ4n) is 3.13. The van der Waals surface area contributed by atoms with Crippen molar-refractivity contribution in [1.29, 1.82) is 0 Å². The van der Waals surface area contributed by atoms with Gasteiger partial charge in [-0.25, -0.2) is 0 Å². The van der Waals surface area contributed by atoms with Gasteiger partial charge in [0.1, 0.15) is 0 Å². The molecule has 11 heteroatoms. The second-order valence-corrected chi connectivity index (χ2v) is 11.2. The summed E-state index contributed by atoms with van der Waals surface area (Å²) in [6, 6.07) is 0. The fraction of sp³-hybridized carbons (Fsp3) is 1.00. The highest BCUT2D eigenvalue weighted by molar-refractivity contribution is 6.68. The van der Waals surface area contributed by atoms with Gasteiger partial charge in [-0.2, -0.15) is 0 Å². The summed E-state index contributed by atoms with van der Waals surface area (Å²) in [5.74, 6) is 0. The molecular formula is C18H36B3O8-. The second kappa shape index (κ2) is 6.45. The molecule has 0 saturated carbocycles. The Morgan fingerprint density at radius 2 is 0.690 bits per heavy atom. The molecule has 0 spiro atoms. The molecule has 0 N–H and O–H groups in total. The third-order valence-corrected chi connectivity index (χ3v) is 7.35. The van der Waals surface area contributed by atoms with E-state index in [-0.39, 0.29) is 0 Å². The van der Waals surface area contributed by atoms with Crippen LogP contribution in [-0.4, -0.2) is 55.2 Å². The quantitative estimate of drug-likeness (QED) is 0.651. The first-order valence-electron chi connectivity index (χ1n) is 10.3. The van der Waals surface area contributed by atoms with E-state index >= 15 is 0 Å². The summed E-state index contributed by atoms with van der Waals surface area (Å²) in [4.78, 5) is 0. The molecule has 0 aromatic rings. The van der Waals surface area contributed by atoms with Gasteiger partial charge < -0.3 is 37.1 Å². The zero-order valence-corrected chi connectivity index (χ0v) is 20.0. The molecule has 0 aromatic carbocycles. The number of hydrogen-bond acceptors (Lipinski definition) is 8. The second-order valence-electron chi connectivity index (χ2n) is 11.2. The Bertz CT molecular complexity index is 573. The van der Waals surface area contributed by atoms with Gasteiger partial charge in [-0.1, -0.05) is 0 Å². The van der Waals surface area contributed by atoms with E-state index in [9.17, 15) is 0 Å². The summed E-state index contributed by atoms with van der Waals surface area (Å²) >= 11 is 0. The van der Waals surface area contributed by atoms with Crippen molar-refractivity contribution >= 4 is 21.6 Å². The summed E-state index contributed by atoms with van der Waals surface area (Å²) in [6.45, 7) is 20.4. The highest BCUT2D eigenvalue weighted by atomic mass is 17.0. The van der Waals surface area contributed by atoms with E-state index in [0.29, 0.717) is 0 Å². The van der Waals surface area contributed by atoms with E-state index in [0.717, 1.165) is 0 Å². The minimum Gasteiger partial charge on any atom is -0.537 e. The van der Waals surface area contributed by atoms with Gasteiger partial charge in [0.15, 0.2) is 0 Å². The molecule has 3 saturated heterocycles. The molecule has 0 aliphatic carbocycles. The Morgan fingerprint density at radius 1 is 0.448 bits per heavy atom. The highest BCUT2D eigenvalue weighted by Gasteiger charge is 2.63. The van der Waals surface area contributed by atoms with Crippen molar-refractivity contribution in [2.24, 2.45) is 0 Å². The predicted molar refractivity (Wildman–Crippen MR) is 110 cm³/mol. The van der Waals surface area contributed by atoms with Crippen molar-refractivity contribution in [3.8, 4) is 0 Å². The van der Waals surface area contributed by atoms with Crippen LogP contribution in [0.2, 0.25) is 0 Å². The molecule has 3 aliphatic rings. The largest absolute Gasteiger partial charge is 0.598 e. The minimum absolute atomic E-state index is 0.580. The molecule has 3 rings (SSSR count). The van der Waals surface area contributed by atoms with Crippen LogP contribution in [0, 0.1) is 0 Å². The highest BCUT2D eigenvalue weighted by Crippen LogP contribution is 2.46. The van der Waals surface area contributed by atoms with Gasteiger partial charge in [0.2, 0.25) is 0 Å². The van der Waals surface area contributed by atoms with E-state index in [1.807, 2.05) is 83.1 Å². The van der Waals surface area contributed by atoms with Crippen LogP contribution in [0.3, 0.4) is 0 Å². The first-order chi connectivity index (χ1) is 12.7. The monoisotopic (exact) mass is 413 g/mol. The third-order valence-electron chi connectivity index (χ3n) is 7.35. The first kappa shape index (κ1) is 23.5. The standard InChI is InChI=1S/C18H36B3O8/c1-13(2)14(3,4)23-19(22-13)28-21(26-17(9,10)18(11,12)27-21)29-20-24-15(5,6)16(7,8)25-20/h1-12H3/q-1. The van der Waals surface area contributed by atoms with E-state index in [4.69, 9.17) is 37.1 Å². The summed E-state index contributed by atoms with van der Waals surface area (Å²) in [6.07, 6.45) is 0. The van der Waals surface area contributed by atoms with Crippen LogP contribution in [0.1, 0.15) is 83.1 Å². The molecule has 0 radical (unpaired) electrons. The fourth-order valence-corrected chi connectivity index (χ4v) is 3.13. The van der Waals surface area contributed by atoms with Crippen molar-refractivity contribution in [2.45, 2.75) is 117 Å². The van der Waals surface area contributed by atoms with Crippen molar-refractivity contribution in [2.75, 3.05) is 0 Å².